The Morgan fingerprint density at radius 1 is 1.45 bits per heavy atom. The lowest BCUT2D eigenvalue weighted by molar-refractivity contribution is -0.132. The topological polar surface area (TPSA) is 35.6 Å². The molecule has 1 N–H and O–H groups in total. The molecule has 0 aromatic carbocycles. The van der Waals surface area contributed by atoms with Gasteiger partial charge in [0.1, 0.15) is 4.34 Å². The van der Waals surface area contributed by atoms with E-state index in [1.807, 2.05) is 22.2 Å². The van der Waals surface area contributed by atoms with Gasteiger partial charge >= 0.3 is 0 Å². The van der Waals surface area contributed by atoms with Gasteiger partial charge in [-0.05, 0) is 18.0 Å². The lowest BCUT2D eigenvalue weighted by Crippen LogP contribution is -2.49. The summed E-state index contributed by atoms with van der Waals surface area (Å²) in [7, 11) is 1.92. The Morgan fingerprint density at radius 2 is 2.10 bits per heavy atom. The SMILES string of the molecule is CN(CC(=O)N1CCNCC1)Cc1csc(Cl)c1Cl.Cl. The van der Waals surface area contributed by atoms with Crippen LogP contribution in [0, 0.1) is 0 Å². The fraction of sp³-hybridized carbons (Fsp3) is 0.583. The molecular weight excluding hydrogens is 341 g/mol. The first kappa shape index (κ1) is 18.0. The molecule has 1 fully saturated rings. The molecule has 1 aromatic heterocycles. The second-order valence-electron chi connectivity index (χ2n) is 4.65. The van der Waals surface area contributed by atoms with Crippen molar-refractivity contribution >= 4 is 52.9 Å². The summed E-state index contributed by atoms with van der Waals surface area (Å²) in [5.74, 6) is 0.168. The minimum atomic E-state index is 0. The zero-order valence-corrected chi connectivity index (χ0v) is 14.3. The van der Waals surface area contributed by atoms with E-state index in [0.29, 0.717) is 22.4 Å². The van der Waals surface area contributed by atoms with E-state index in [0.717, 1.165) is 31.7 Å². The van der Waals surface area contributed by atoms with Crippen LogP contribution in [0.5, 0.6) is 0 Å². The normalized spacial score (nSPS) is 15.3. The molecule has 2 heterocycles. The van der Waals surface area contributed by atoms with Crippen LogP contribution in [0.25, 0.3) is 0 Å². The largest absolute Gasteiger partial charge is 0.339 e. The van der Waals surface area contributed by atoms with Gasteiger partial charge in [-0.3, -0.25) is 9.69 Å². The van der Waals surface area contributed by atoms with E-state index in [1.54, 1.807) is 0 Å². The summed E-state index contributed by atoms with van der Waals surface area (Å²) in [5, 5.41) is 5.78. The number of nitrogens with zero attached hydrogens (tertiary/aromatic N) is 2. The maximum Gasteiger partial charge on any atom is 0.236 e. The van der Waals surface area contributed by atoms with Crippen LogP contribution in [0.3, 0.4) is 0 Å². The number of hydrogen-bond acceptors (Lipinski definition) is 4. The predicted octanol–water partition coefficient (Wildman–Crippen LogP) is 2.34. The van der Waals surface area contributed by atoms with Crippen molar-refractivity contribution in [3.63, 3.8) is 0 Å². The van der Waals surface area contributed by atoms with Gasteiger partial charge in [-0.25, -0.2) is 0 Å². The third-order valence-electron chi connectivity index (χ3n) is 3.07. The molecule has 8 heteroatoms. The van der Waals surface area contributed by atoms with Crippen molar-refractivity contribution in [1.82, 2.24) is 15.1 Å². The van der Waals surface area contributed by atoms with Crippen LogP contribution < -0.4 is 5.32 Å². The van der Waals surface area contributed by atoms with Crippen molar-refractivity contribution < 1.29 is 4.79 Å². The number of likely N-dealkylation sites (N-methyl/N-ethyl adjacent to an activating group) is 1. The van der Waals surface area contributed by atoms with Gasteiger partial charge in [-0.2, -0.15) is 0 Å². The molecule has 114 valence electrons. The molecule has 20 heavy (non-hydrogen) atoms. The van der Waals surface area contributed by atoms with Gasteiger partial charge in [0.05, 0.1) is 11.6 Å². The smallest absolute Gasteiger partial charge is 0.236 e. The summed E-state index contributed by atoms with van der Waals surface area (Å²) in [6.07, 6.45) is 0. The third-order valence-corrected chi connectivity index (χ3v) is 4.98. The molecule has 1 amide bonds. The average molecular weight is 359 g/mol. The first-order chi connectivity index (χ1) is 9.08. The molecule has 1 aromatic rings. The summed E-state index contributed by atoms with van der Waals surface area (Å²) in [6.45, 7) is 4.38. The highest BCUT2D eigenvalue weighted by molar-refractivity contribution is 7.15. The van der Waals surface area contributed by atoms with Crippen molar-refractivity contribution in [2.45, 2.75) is 6.54 Å². The van der Waals surface area contributed by atoms with E-state index in [4.69, 9.17) is 23.2 Å². The summed E-state index contributed by atoms with van der Waals surface area (Å²) < 4.78 is 0.610. The molecule has 4 nitrogen and oxygen atoms in total. The molecule has 0 unspecified atom stereocenters. The Kier molecular flexibility index (Phi) is 7.58. The van der Waals surface area contributed by atoms with Gasteiger partial charge < -0.3 is 10.2 Å². The second kappa shape index (κ2) is 8.41. The fourth-order valence-corrected chi connectivity index (χ4v) is 3.29. The monoisotopic (exact) mass is 357 g/mol. The maximum absolute atomic E-state index is 12.1. The van der Waals surface area contributed by atoms with E-state index in [1.165, 1.54) is 11.3 Å². The second-order valence-corrected chi connectivity index (χ2v) is 6.51. The Morgan fingerprint density at radius 3 is 2.65 bits per heavy atom. The van der Waals surface area contributed by atoms with Gasteiger partial charge in [0.25, 0.3) is 0 Å². The summed E-state index contributed by atoms with van der Waals surface area (Å²) in [5.41, 5.74) is 0.979. The first-order valence-corrected chi connectivity index (χ1v) is 7.80. The highest BCUT2D eigenvalue weighted by Gasteiger charge is 2.18. The minimum Gasteiger partial charge on any atom is -0.339 e. The molecular formula is C12H18Cl3N3OS. The van der Waals surface area contributed by atoms with E-state index in [-0.39, 0.29) is 18.3 Å². The standard InChI is InChI=1S/C12H17Cl2N3OS.ClH/c1-16(6-9-8-19-12(14)11(9)13)7-10(18)17-4-2-15-3-5-17;/h8,15H,2-7H2,1H3;1H. The Labute approximate surface area is 139 Å². The maximum atomic E-state index is 12.1. The summed E-state index contributed by atoms with van der Waals surface area (Å²) in [6, 6.07) is 0. The molecule has 0 atom stereocenters. The number of rotatable bonds is 4. The first-order valence-electron chi connectivity index (χ1n) is 6.16. The fourth-order valence-electron chi connectivity index (χ4n) is 2.05. The van der Waals surface area contributed by atoms with Gasteiger partial charge in [0, 0.05) is 32.7 Å². The quantitative estimate of drug-likeness (QED) is 0.897. The number of halogens is 3. The van der Waals surface area contributed by atoms with Crippen LogP contribution in [0.1, 0.15) is 5.56 Å². The van der Waals surface area contributed by atoms with Gasteiger partial charge in [-0.15, -0.1) is 23.7 Å². The van der Waals surface area contributed by atoms with Crippen molar-refractivity contribution in [3.8, 4) is 0 Å². The van der Waals surface area contributed by atoms with Crippen molar-refractivity contribution in [2.75, 3.05) is 39.8 Å². The molecule has 2 rings (SSSR count). The predicted molar refractivity (Wildman–Crippen MR) is 87.4 cm³/mol. The van der Waals surface area contributed by atoms with Gasteiger partial charge in [0.15, 0.2) is 0 Å². The molecule has 0 bridgehead atoms. The number of carbonyl (C=O) groups excluding carboxylic acids is 1. The number of thiophene rings is 1. The van der Waals surface area contributed by atoms with Crippen LogP contribution in [-0.2, 0) is 11.3 Å². The lowest BCUT2D eigenvalue weighted by Gasteiger charge is -2.29. The Bertz CT molecular complexity index is 449. The molecule has 0 spiro atoms. The van der Waals surface area contributed by atoms with E-state index < -0.39 is 0 Å². The van der Waals surface area contributed by atoms with Crippen molar-refractivity contribution in [1.29, 1.82) is 0 Å². The third kappa shape index (κ3) is 4.76. The van der Waals surface area contributed by atoms with Crippen LogP contribution in [-0.4, -0.2) is 55.5 Å². The zero-order valence-electron chi connectivity index (χ0n) is 11.2. The summed E-state index contributed by atoms with van der Waals surface area (Å²) >= 11 is 13.4. The van der Waals surface area contributed by atoms with Crippen molar-refractivity contribution in [2.24, 2.45) is 0 Å². The molecule has 0 radical (unpaired) electrons. The van der Waals surface area contributed by atoms with E-state index in [9.17, 15) is 4.79 Å². The van der Waals surface area contributed by atoms with Crippen LogP contribution in [0.15, 0.2) is 5.38 Å². The molecule has 0 aliphatic carbocycles. The average Bonchev–Trinajstić information content (AvgIpc) is 2.71. The number of amides is 1. The van der Waals surface area contributed by atoms with Gasteiger partial charge in [-0.1, -0.05) is 23.2 Å². The number of hydrogen-bond donors (Lipinski definition) is 1. The van der Waals surface area contributed by atoms with E-state index in [2.05, 4.69) is 5.32 Å². The molecule has 1 saturated heterocycles. The number of carbonyl (C=O) groups is 1. The van der Waals surface area contributed by atoms with Crippen LogP contribution in [0.2, 0.25) is 9.36 Å². The molecule has 0 saturated carbocycles. The van der Waals surface area contributed by atoms with Crippen LogP contribution >= 0.6 is 46.9 Å². The molecule has 1 aliphatic rings. The Balaban J connectivity index is 0.00000200. The summed E-state index contributed by atoms with van der Waals surface area (Å²) in [4.78, 5) is 16.0. The van der Waals surface area contributed by atoms with Gasteiger partial charge in [0.2, 0.25) is 5.91 Å². The Hall–Kier alpha value is -0.0400. The number of piperazine rings is 1. The molecule has 1 aliphatic heterocycles. The number of nitrogens with one attached hydrogen (secondary N) is 1. The lowest BCUT2D eigenvalue weighted by atomic mass is 10.3. The zero-order chi connectivity index (χ0) is 13.8. The van der Waals surface area contributed by atoms with Crippen LogP contribution in [0.4, 0.5) is 0 Å². The minimum absolute atomic E-state index is 0. The van der Waals surface area contributed by atoms with E-state index >= 15 is 0 Å². The highest BCUT2D eigenvalue weighted by atomic mass is 35.5. The van der Waals surface area contributed by atoms with Crippen molar-refractivity contribution in [3.05, 3.63) is 20.3 Å². The highest BCUT2D eigenvalue weighted by Crippen LogP contribution is 2.32.